The van der Waals surface area contributed by atoms with Gasteiger partial charge in [-0.25, -0.2) is 9.37 Å². The van der Waals surface area contributed by atoms with E-state index in [2.05, 4.69) is 15.6 Å². The summed E-state index contributed by atoms with van der Waals surface area (Å²) < 4.78 is 13.5. The molecule has 4 nitrogen and oxygen atoms in total. The average molecular weight is 197 g/mol. The largest absolute Gasteiger partial charge is 0.371 e. The number of halogens is 1. The topological polar surface area (TPSA) is 54.0 Å². The van der Waals surface area contributed by atoms with E-state index in [9.17, 15) is 9.18 Å². The third-order valence-electron chi connectivity index (χ3n) is 1.71. The summed E-state index contributed by atoms with van der Waals surface area (Å²) in [7, 11) is 1.55. The molecule has 0 unspecified atom stereocenters. The quantitative estimate of drug-likeness (QED) is 0.760. The fourth-order valence-corrected chi connectivity index (χ4v) is 1.05. The Morgan fingerprint density at radius 3 is 2.93 bits per heavy atom. The van der Waals surface area contributed by atoms with Crippen LogP contribution in [0.3, 0.4) is 0 Å². The molecule has 0 aromatic carbocycles. The molecule has 0 saturated heterocycles. The fourth-order valence-electron chi connectivity index (χ4n) is 1.05. The van der Waals surface area contributed by atoms with Crippen molar-refractivity contribution in [1.82, 2.24) is 10.3 Å². The number of hydrogen-bond donors (Lipinski definition) is 2. The summed E-state index contributed by atoms with van der Waals surface area (Å²) in [5.74, 6) is -0.974. The van der Waals surface area contributed by atoms with Crippen molar-refractivity contribution in [1.29, 1.82) is 0 Å². The first-order valence-electron chi connectivity index (χ1n) is 4.31. The highest BCUT2D eigenvalue weighted by molar-refractivity contribution is 5.95. The van der Waals surface area contributed by atoms with Crippen LogP contribution in [0.2, 0.25) is 0 Å². The fraction of sp³-hybridized carbons (Fsp3) is 0.333. The SMILES string of the molecule is CCNC(=O)c1ccnc(NC)c1F. The van der Waals surface area contributed by atoms with Crippen LogP contribution in [0.1, 0.15) is 17.3 Å². The lowest BCUT2D eigenvalue weighted by Crippen LogP contribution is -2.24. The highest BCUT2D eigenvalue weighted by Crippen LogP contribution is 2.13. The van der Waals surface area contributed by atoms with E-state index in [0.29, 0.717) is 6.54 Å². The van der Waals surface area contributed by atoms with Crippen LogP contribution in [0.4, 0.5) is 10.2 Å². The van der Waals surface area contributed by atoms with Gasteiger partial charge in [-0.05, 0) is 13.0 Å². The second kappa shape index (κ2) is 4.55. The molecular weight excluding hydrogens is 185 g/mol. The standard InChI is InChI=1S/C9H12FN3O/c1-3-12-9(14)6-4-5-13-8(11-2)7(6)10/h4-5H,3H2,1-2H3,(H,11,13)(H,12,14). The van der Waals surface area contributed by atoms with Gasteiger partial charge in [0, 0.05) is 19.8 Å². The van der Waals surface area contributed by atoms with Gasteiger partial charge in [0.25, 0.3) is 5.91 Å². The maximum Gasteiger partial charge on any atom is 0.254 e. The highest BCUT2D eigenvalue weighted by Gasteiger charge is 2.13. The maximum atomic E-state index is 13.5. The van der Waals surface area contributed by atoms with Gasteiger partial charge >= 0.3 is 0 Å². The van der Waals surface area contributed by atoms with Crippen LogP contribution in [0.5, 0.6) is 0 Å². The molecule has 0 atom stereocenters. The Morgan fingerprint density at radius 2 is 2.36 bits per heavy atom. The summed E-state index contributed by atoms with van der Waals surface area (Å²) in [6, 6.07) is 1.35. The Bertz CT molecular complexity index is 341. The van der Waals surface area contributed by atoms with Crippen LogP contribution >= 0.6 is 0 Å². The van der Waals surface area contributed by atoms with Gasteiger partial charge in [0.2, 0.25) is 0 Å². The summed E-state index contributed by atoms with van der Waals surface area (Å²) in [6.07, 6.45) is 1.39. The van der Waals surface area contributed by atoms with Gasteiger partial charge < -0.3 is 10.6 Å². The molecule has 2 N–H and O–H groups in total. The summed E-state index contributed by atoms with van der Waals surface area (Å²) in [5, 5.41) is 5.09. The molecule has 0 fully saturated rings. The summed E-state index contributed by atoms with van der Waals surface area (Å²) in [5.41, 5.74) is 0.00574. The average Bonchev–Trinajstić information content (AvgIpc) is 2.18. The van der Waals surface area contributed by atoms with Crippen molar-refractivity contribution in [2.45, 2.75) is 6.92 Å². The number of carbonyl (C=O) groups is 1. The summed E-state index contributed by atoms with van der Waals surface area (Å²) in [4.78, 5) is 15.1. The number of amides is 1. The summed E-state index contributed by atoms with van der Waals surface area (Å²) in [6.45, 7) is 2.24. The van der Waals surface area contributed by atoms with Gasteiger partial charge in [0.15, 0.2) is 11.6 Å². The molecule has 0 spiro atoms. The monoisotopic (exact) mass is 197 g/mol. The van der Waals surface area contributed by atoms with Crippen molar-refractivity contribution in [3.05, 3.63) is 23.6 Å². The number of carbonyl (C=O) groups excluding carboxylic acids is 1. The molecule has 0 aliphatic rings. The number of nitrogens with zero attached hydrogens (tertiary/aromatic N) is 1. The normalized spacial score (nSPS) is 9.64. The number of pyridine rings is 1. The minimum absolute atomic E-state index is 0.00574. The van der Waals surface area contributed by atoms with E-state index in [0.717, 1.165) is 0 Å². The number of rotatable bonds is 3. The highest BCUT2D eigenvalue weighted by atomic mass is 19.1. The van der Waals surface area contributed by atoms with Crippen molar-refractivity contribution in [2.24, 2.45) is 0 Å². The molecule has 14 heavy (non-hydrogen) atoms. The summed E-state index contributed by atoms with van der Waals surface area (Å²) >= 11 is 0. The Hall–Kier alpha value is -1.65. The van der Waals surface area contributed by atoms with Gasteiger partial charge in [-0.1, -0.05) is 0 Å². The number of hydrogen-bond acceptors (Lipinski definition) is 3. The molecule has 0 aliphatic carbocycles. The zero-order chi connectivity index (χ0) is 10.6. The molecule has 1 aromatic rings. The molecule has 1 rings (SSSR count). The first-order chi connectivity index (χ1) is 6.70. The van der Waals surface area contributed by atoms with Crippen LogP contribution in [0.25, 0.3) is 0 Å². The van der Waals surface area contributed by atoms with E-state index < -0.39 is 11.7 Å². The Morgan fingerprint density at radius 1 is 1.64 bits per heavy atom. The van der Waals surface area contributed by atoms with Crippen LogP contribution in [-0.2, 0) is 0 Å². The first-order valence-corrected chi connectivity index (χ1v) is 4.31. The molecule has 76 valence electrons. The third kappa shape index (κ3) is 1.99. The van der Waals surface area contributed by atoms with Gasteiger partial charge in [-0.2, -0.15) is 0 Å². The van der Waals surface area contributed by atoms with E-state index in [1.807, 2.05) is 0 Å². The van der Waals surface area contributed by atoms with Crippen molar-refractivity contribution < 1.29 is 9.18 Å². The lowest BCUT2D eigenvalue weighted by molar-refractivity contribution is 0.0952. The molecule has 0 saturated carbocycles. The predicted octanol–water partition coefficient (Wildman–Crippen LogP) is 1.01. The minimum atomic E-state index is -0.624. The Balaban J connectivity index is 3.03. The Labute approximate surface area is 81.5 Å². The minimum Gasteiger partial charge on any atom is -0.371 e. The van der Waals surface area contributed by atoms with Crippen LogP contribution in [0, 0.1) is 5.82 Å². The number of nitrogens with one attached hydrogen (secondary N) is 2. The lowest BCUT2D eigenvalue weighted by atomic mass is 10.2. The zero-order valence-electron chi connectivity index (χ0n) is 8.10. The second-order valence-electron chi connectivity index (χ2n) is 2.63. The molecule has 5 heteroatoms. The van der Waals surface area contributed by atoms with Crippen LogP contribution in [0.15, 0.2) is 12.3 Å². The predicted molar refractivity (Wildman–Crippen MR) is 51.7 cm³/mol. The number of anilines is 1. The molecule has 1 amide bonds. The van der Waals surface area contributed by atoms with Crippen molar-refractivity contribution in [3.63, 3.8) is 0 Å². The molecule has 0 radical (unpaired) electrons. The Kier molecular flexibility index (Phi) is 3.39. The van der Waals surface area contributed by atoms with Gasteiger partial charge in [-0.15, -0.1) is 0 Å². The van der Waals surface area contributed by atoms with Crippen molar-refractivity contribution >= 4 is 11.7 Å². The molecule has 0 bridgehead atoms. The van der Waals surface area contributed by atoms with Crippen molar-refractivity contribution in [3.8, 4) is 0 Å². The zero-order valence-corrected chi connectivity index (χ0v) is 8.10. The van der Waals surface area contributed by atoms with E-state index in [4.69, 9.17) is 0 Å². The number of aromatic nitrogens is 1. The first kappa shape index (κ1) is 10.4. The lowest BCUT2D eigenvalue weighted by Gasteiger charge is -2.06. The molecule has 1 aromatic heterocycles. The van der Waals surface area contributed by atoms with E-state index in [-0.39, 0.29) is 11.4 Å². The molecule has 1 heterocycles. The van der Waals surface area contributed by atoms with Gasteiger partial charge in [-0.3, -0.25) is 4.79 Å². The van der Waals surface area contributed by atoms with Gasteiger partial charge in [0.05, 0.1) is 5.56 Å². The van der Waals surface area contributed by atoms with Gasteiger partial charge in [0.1, 0.15) is 0 Å². The van der Waals surface area contributed by atoms with E-state index >= 15 is 0 Å². The second-order valence-corrected chi connectivity index (χ2v) is 2.63. The van der Waals surface area contributed by atoms with E-state index in [1.165, 1.54) is 12.3 Å². The van der Waals surface area contributed by atoms with Crippen LogP contribution < -0.4 is 10.6 Å². The maximum absolute atomic E-state index is 13.5. The van der Waals surface area contributed by atoms with E-state index in [1.54, 1.807) is 14.0 Å². The molecular formula is C9H12FN3O. The molecule has 0 aliphatic heterocycles. The third-order valence-corrected chi connectivity index (χ3v) is 1.71. The van der Waals surface area contributed by atoms with Crippen LogP contribution in [-0.4, -0.2) is 24.5 Å². The van der Waals surface area contributed by atoms with Crippen molar-refractivity contribution in [2.75, 3.05) is 18.9 Å². The smallest absolute Gasteiger partial charge is 0.254 e.